The number of carbonyl (C=O) groups excluding carboxylic acids is 1. The minimum atomic E-state index is -0.499. The molecule has 1 unspecified atom stereocenters. The fraction of sp³-hybridized carbons (Fsp3) is 0.348. The van der Waals surface area contributed by atoms with Crippen molar-refractivity contribution in [1.29, 1.82) is 0 Å². The van der Waals surface area contributed by atoms with E-state index in [9.17, 15) is 4.79 Å². The van der Waals surface area contributed by atoms with Gasteiger partial charge >= 0.3 is 0 Å². The first-order valence-corrected chi connectivity index (χ1v) is 10.7. The molecule has 31 heavy (non-hydrogen) atoms. The van der Waals surface area contributed by atoms with Crippen LogP contribution in [0, 0.1) is 0 Å². The van der Waals surface area contributed by atoms with E-state index in [2.05, 4.69) is 26.9 Å². The number of hydrogen-bond acceptors (Lipinski definition) is 6. The predicted molar refractivity (Wildman–Crippen MR) is 119 cm³/mol. The van der Waals surface area contributed by atoms with Gasteiger partial charge in [-0.1, -0.05) is 0 Å². The van der Waals surface area contributed by atoms with Crippen molar-refractivity contribution in [3.05, 3.63) is 61.1 Å². The minimum absolute atomic E-state index is 0.0139. The minimum Gasteiger partial charge on any atom is -0.477 e. The molecule has 2 saturated heterocycles. The Kier molecular flexibility index (Phi) is 5.30. The van der Waals surface area contributed by atoms with Crippen molar-refractivity contribution in [2.75, 3.05) is 49.6 Å². The number of hydrogen-bond donors (Lipinski definition) is 0. The van der Waals surface area contributed by atoms with E-state index >= 15 is 0 Å². The maximum atomic E-state index is 13.1. The first-order chi connectivity index (χ1) is 15.2. The van der Waals surface area contributed by atoms with Gasteiger partial charge in [0.05, 0.1) is 5.69 Å². The smallest absolute Gasteiger partial charge is 0.268 e. The van der Waals surface area contributed by atoms with Crippen molar-refractivity contribution in [2.24, 2.45) is 0 Å². The largest absolute Gasteiger partial charge is 0.477 e. The molecule has 3 aromatic rings. The molecular weight excluding hydrogens is 392 g/mol. The molecule has 0 aliphatic carbocycles. The Morgan fingerprint density at radius 2 is 1.71 bits per heavy atom. The number of aromatic nitrogens is 3. The Labute approximate surface area is 181 Å². The second-order valence-corrected chi connectivity index (χ2v) is 7.97. The molecule has 1 aromatic carbocycles. The highest BCUT2D eigenvalue weighted by Gasteiger charge is 2.35. The Balaban J connectivity index is 1.29. The van der Waals surface area contributed by atoms with E-state index in [1.807, 2.05) is 48.7 Å². The summed E-state index contributed by atoms with van der Waals surface area (Å²) in [5.74, 6) is 1.49. The van der Waals surface area contributed by atoms with E-state index in [1.54, 1.807) is 22.0 Å². The zero-order valence-corrected chi connectivity index (χ0v) is 17.6. The summed E-state index contributed by atoms with van der Waals surface area (Å²) in [6.07, 6.45) is 5.57. The van der Waals surface area contributed by atoms with Gasteiger partial charge in [0, 0.05) is 63.4 Å². The van der Waals surface area contributed by atoms with Crippen LogP contribution in [0.25, 0.3) is 5.69 Å². The molecule has 2 aliphatic heterocycles. The van der Waals surface area contributed by atoms with Gasteiger partial charge in [0.15, 0.2) is 17.7 Å². The highest BCUT2D eigenvalue weighted by molar-refractivity contribution is 5.99. The lowest BCUT2D eigenvalue weighted by Gasteiger charge is -2.34. The monoisotopic (exact) mass is 418 g/mol. The second kappa shape index (κ2) is 8.39. The highest BCUT2D eigenvalue weighted by atomic mass is 16.5. The number of anilines is 2. The van der Waals surface area contributed by atoms with E-state index in [0.717, 1.165) is 43.4 Å². The van der Waals surface area contributed by atoms with Gasteiger partial charge in [0.2, 0.25) is 0 Å². The summed E-state index contributed by atoms with van der Waals surface area (Å²) in [7, 11) is 2.13. The zero-order valence-electron chi connectivity index (χ0n) is 17.6. The summed E-state index contributed by atoms with van der Waals surface area (Å²) < 4.78 is 8.01. The van der Waals surface area contributed by atoms with E-state index in [0.29, 0.717) is 18.7 Å². The third kappa shape index (κ3) is 3.98. The van der Waals surface area contributed by atoms with Crippen LogP contribution in [0.5, 0.6) is 5.75 Å². The van der Waals surface area contributed by atoms with Gasteiger partial charge in [-0.15, -0.1) is 0 Å². The van der Waals surface area contributed by atoms with Crippen molar-refractivity contribution in [3.8, 4) is 11.4 Å². The molecule has 4 heterocycles. The number of pyridine rings is 1. The van der Waals surface area contributed by atoms with Crippen molar-refractivity contribution >= 4 is 17.4 Å². The number of likely N-dealkylation sites (N-methyl/N-ethyl adjacent to an activating group) is 1. The summed E-state index contributed by atoms with van der Waals surface area (Å²) in [4.78, 5) is 24.0. The number of carbonyl (C=O) groups is 1. The summed E-state index contributed by atoms with van der Waals surface area (Å²) >= 11 is 0. The maximum absolute atomic E-state index is 13.1. The summed E-state index contributed by atoms with van der Waals surface area (Å²) in [6.45, 7) is 4.41. The number of amides is 1. The predicted octanol–water partition coefficient (Wildman–Crippen LogP) is 2.20. The molecule has 5 rings (SSSR count). The number of piperazine rings is 1. The maximum Gasteiger partial charge on any atom is 0.268 e. The number of nitrogens with zero attached hydrogens (tertiary/aromatic N) is 6. The third-order valence-corrected chi connectivity index (χ3v) is 5.91. The van der Waals surface area contributed by atoms with Crippen LogP contribution in [-0.2, 0) is 4.79 Å². The van der Waals surface area contributed by atoms with Crippen LogP contribution in [0.1, 0.15) is 6.42 Å². The average molecular weight is 419 g/mol. The lowest BCUT2D eigenvalue weighted by molar-refractivity contribution is -0.122. The van der Waals surface area contributed by atoms with Crippen molar-refractivity contribution in [2.45, 2.75) is 12.5 Å². The van der Waals surface area contributed by atoms with Crippen LogP contribution in [0.4, 0.5) is 11.5 Å². The fourth-order valence-electron chi connectivity index (χ4n) is 4.11. The lowest BCUT2D eigenvalue weighted by atomic mass is 10.2. The molecule has 1 atom stereocenters. The molecule has 2 aromatic heterocycles. The van der Waals surface area contributed by atoms with Gasteiger partial charge in [0.1, 0.15) is 0 Å². The molecule has 0 bridgehead atoms. The lowest BCUT2D eigenvalue weighted by Crippen LogP contribution is -2.45. The van der Waals surface area contributed by atoms with Crippen LogP contribution in [0.3, 0.4) is 0 Å². The van der Waals surface area contributed by atoms with E-state index < -0.39 is 6.10 Å². The fourth-order valence-corrected chi connectivity index (χ4v) is 4.11. The van der Waals surface area contributed by atoms with Crippen molar-refractivity contribution in [3.63, 3.8) is 0 Å². The van der Waals surface area contributed by atoms with Crippen LogP contribution < -0.4 is 14.5 Å². The van der Waals surface area contributed by atoms with Gasteiger partial charge in [-0.25, -0.2) is 9.67 Å². The van der Waals surface area contributed by atoms with E-state index in [-0.39, 0.29) is 5.91 Å². The van der Waals surface area contributed by atoms with Gasteiger partial charge < -0.3 is 19.4 Å². The van der Waals surface area contributed by atoms with Gasteiger partial charge in [-0.3, -0.25) is 4.79 Å². The Bertz CT molecular complexity index is 1030. The Morgan fingerprint density at radius 1 is 0.935 bits per heavy atom. The van der Waals surface area contributed by atoms with Crippen LogP contribution in [0.15, 0.2) is 61.1 Å². The van der Waals surface area contributed by atoms with Crippen LogP contribution in [-0.4, -0.2) is 71.4 Å². The van der Waals surface area contributed by atoms with Gasteiger partial charge in [-0.2, -0.15) is 5.10 Å². The summed E-state index contributed by atoms with van der Waals surface area (Å²) in [5, 5.41) is 4.24. The molecule has 0 radical (unpaired) electrons. The molecular formula is C23H26N6O2. The molecule has 0 N–H and O–H groups in total. The highest BCUT2D eigenvalue weighted by Crippen LogP contribution is 2.30. The molecule has 160 valence electrons. The van der Waals surface area contributed by atoms with Crippen molar-refractivity contribution in [1.82, 2.24) is 19.7 Å². The van der Waals surface area contributed by atoms with Gasteiger partial charge in [-0.05, 0) is 49.5 Å². The molecule has 2 fully saturated rings. The number of benzene rings is 1. The zero-order chi connectivity index (χ0) is 21.2. The first kappa shape index (κ1) is 19.6. The quantitative estimate of drug-likeness (QED) is 0.633. The Hall–Kier alpha value is -3.39. The van der Waals surface area contributed by atoms with Gasteiger partial charge in [0.25, 0.3) is 5.91 Å². The molecule has 8 heteroatoms. The third-order valence-electron chi connectivity index (χ3n) is 5.91. The number of rotatable bonds is 5. The molecule has 0 spiro atoms. The normalized spacial score (nSPS) is 19.8. The van der Waals surface area contributed by atoms with Crippen LogP contribution in [0.2, 0.25) is 0 Å². The summed E-state index contributed by atoms with van der Waals surface area (Å²) in [5.41, 5.74) is 1.83. The average Bonchev–Trinajstić information content (AvgIpc) is 3.46. The van der Waals surface area contributed by atoms with Crippen molar-refractivity contribution < 1.29 is 9.53 Å². The van der Waals surface area contributed by atoms with Crippen LogP contribution >= 0.6 is 0 Å². The Morgan fingerprint density at radius 3 is 2.45 bits per heavy atom. The summed E-state index contributed by atoms with van der Waals surface area (Å²) in [6, 6.07) is 13.5. The molecule has 8 nitrogen and oxygen atoms in total. The second-order valence-electron chi connectivity index (χ2n) is 7.97. The first-order valence-electron chi connectivity index (χ1n) is 10.7. The SMILES string of the molecule is CN1CCN(c2ncccc2OC2CCN(c3ccc(-n4cccn4)cc3)C2=O)CC1. The standard InChI is InChI=1S/C23H26N6O2/c1-26-14-16-27(17-15-26)22-20(4-2-10-24-22)31-21-9-13-28(23(21)30)18-5-7-19(8-6-18)29-12-3-11-25-29/h2-8,10-12,21H,9,13-17H2,1H3. The van der Waals surface area contributed by atoms with E-state index in [1.165, 1.54) is 0 Å². The van der Waals surface area contributed by atoms with E-state index in [4.69, 9.17) is 4.74 Å². The molecule has 2 aliphatic rings. The topological polar surface area (TPSA) is 66.7 Å². The molecule has 1 amide bonds. The molecule has 0 saturated carbocycles. The number of ether oxygens (including phenoxy) is 1.